The third-order valence-corrected chi connectivity index (χ3v) is 2.61. The highest BCUT2D eigenvalue weighted by Gasteiger charge is 2.22. The first kappa shape index (κ1) is 15.9. The second-order valence-corrected chi connectivity index (χ2v) is 4.48. The van der Waals surface area contributed by atoms with Crippen molar-refractivity contribution in [2.45, 2.75) is 12.5 Å². The Balaban J connectivity index is 2.89. The van der Waals surface area contributed by atoms with Crippen LogP contribution in [0.15, 0.2) is 18.2 Å². The first-order valence-corrected chi connectivity index (χ1v) is 5.74. The van der Waals surface area contributed by atoms with E-state index in [0.29, 0.717) is 0 Å². The summed E-state index contributed by atoms with van der Waals surface area (Å²) in [5.74, 6) is -0.543. The summed E-state index contributed by atoms with van der Waals surface area (Å²) in [6.45, 7) is 0.655. The van der Waals surface area contributed by atoms with Crippen molar-refractivity contribution in [2.24, 2.45) is 0 Å². The predicted octanol–water partition coefficient (Wildman–Crippen LogP) is 0.0765. The number of ether oxygens (including phenoxy) is 1. The number of aliphatic hydroxyl groups excluding tert-OH is 1. The van der Waals surface area contributed by atoms with Crippen LogP contribution in [0.4, 0.5) is 5.69 Å². The Morgan fingerprint density at radius 1 is 1.55 bits per heavy atom. The fourth-order valence-corrected chi connectivity index (χ4v) is 1.40. The van der Waals surface area contributed by atoms with Gasteiger partial charge in [-0.15, -0.1) is 0 Å². The number of amides is 1. The summed E-state index contributed by atoms with van der Waals surface area (Å²) in [6, 6.07) is 3.77. The lowest BCUT2D eigenvalue weighted by Crippen LogP contribution is -2.43. The monoisotopic (exact) mass is 284 g/mol. The lowest BCUT2D eigenvalue weighted by atomic mass is 10.1. The van der Waals surface area contributed by atoms with Gasteiger partial charge in [0.1, 0.15) is 5.60 Å². The summed E-state index contributed by atoms with van der Waals surface area (Å²) < 4.78 is 4.83. The Labute approximate surface area is 115 Å². The van der Waals surface area contributed by atoms with E-state index in [9.17, 15) is 20.0 Å². The normalized spacial score (nSPS) is 13.4. The van der Waals surface area contributed by atoms with Gasteiger partial charge in [0.25, 0.3) is 5.91 Å². The first-order valence-electron chi connectivity index (χ1n) is 5.74. The largest absolute Gasteiger partial charge is 0.490 e. The number of methoxy groups -OCH3 is 1. The molecule has 0 heterocycles. The summed E-state index contributed by atoms with van der Waals surface area (Å²) in [7, 11) is 1.29. The van der Waals surface area contributed by atoms with Gasteiger partial charge >= 0.3 is 5.69 Å². The van der Waals surface area contributed by atoms with Gasteiger partial charge in [-0.2, -0.15) is 0 Å². The molecule has 8 heteroatoms. The van der Waals surface area contributed by atoms with Crippen LogP contribution in [0.2, 0.25) is 0 Å². The highest BCUT2D eigenvalue weighted by molar-refractivity contribution is 5.95. The minimum atomic E-state index is -1.45. The Hall–Kier alpha value is -2.19. The number of rotatable bonds is 6. The highest BCUT2D eigenvalue weighted by atomic mass is 16.6. The van der Waals surface area contributed by atoms with E-state index >= 15 is 0 Å². The molecule has 1 aromatic rings. The molecule has 1 rings (SSSR count). The van der Waals surface area contributed by atoms with Crippen LogP contribution in [0.3, 0.4) is 0 Å². The van der Waals surface area contributed by atoms with Crippen LogP contribution in [0.25, 0.3) is 0 Å². The van der Waals surface area contributed by atoms with E-state index in [1.165, 1.54) is 26.2 Å². The molecule has 0 saturated carbocycles. The maximum absolute atomic E-state index is 11.8. The second-order valence-electron chi connectivity index (χ2n) is 4.48. The van der Waals surface area contributed by atoms with Crippen LogP contribution >= 0.6 is 0 Å². The molecule has 0 radical (unpaired) electrons. The number of carbonyl (C=O) groups excluding carboxylic acids is 1. The molecule has 1 atom stereocenters. The van der Waals surface area contributed by atoms with Crippen molar-refractivity contribution < 1.29 is 24.7 Å². The molecule has 8 nitrogen and oxygen atoms in total. The van der Waals surface area contributed by atoms with Crippen molar-refractivity contribution in [3.8, 4) is 5.75 Å². The molecule has 110 valence electrons. The smallest absolute Gasteiger partial charge is 0.311 e. The van der Waals surface area contributed by atoms with Crippen molar-refractivity contribution in [1.29, 1.82) is 0 Å². The van der Waals surface area contributed by atoms with Gasteiger partial charge in [-0.25, -0.2) is 0 Å². The van der Waals surface area contributed by atoms with Crippen LogP contribution < -0.4 is 10.1 Å². The summed E-state index contributed by atoms with van der Waals surface area (Å²) in [6.07, 6.45) is 0. The number of nitro groups is 1. The molecular weight excluding hydrogens is 268 g/mol. The number of nitrogens with one attached hydrogen (secondary N) is 1. The molecule has 0 aliphatic rings. The Morgan fingerprint density at radius 3 is 2.70 bits per heavy atom. The standard InChI is InChI=1S/C12H16N2O6/c1-12(17,7-15)6-13-11(16)8-3-4-10(20-2)9(5-8)14(18)19/h3-5,15,17H,6-7H2,1-2H3,(H,13,16). The number of carbonyl (C=O) groups is 1. The summed E-state index contributed by atoms with van der Waals surface area (Å²) in [5.41, 5.74) is -1.71. The number of benzene rings is 1. The highest BCUT2D eigenvalue weighted by Crippen LogP contribution is 2.27. The average Bonchev–Trinajstić information content (AvgIpc) is 2.44. The van der Waals surface area contributed by atoms with E-state index in [4.69, 9.17) is 9.84 Å². The maximum Gasteiger partial charge on any atom is 0.311 e. The van der Waals surface area contributed by atoms with Gasteiger partial charge < -0.3 is 20.3 Å². The molecule has 1 amide bonds. The average molecular weight is 284 g/mol. The van der Waals surface area contributed by atoms with Gasteiger partial charge in [0.2, 0.25) is 0 Å². The summed E-state index contributed by atoms with van der Waals surface area (Å²) in [5, 5.41) is 31.6. The van der Waals surface area contributed by atoms with E-state index in [0.717, 1.165) is 6.07 Å². The van der Waals surface area contributed by atoms with Crippen LogP contribution in [0, 0.1) is 10.1 Å². The molecule has 0 saturated heterocycles. The minimum Gasteiger partial charge on any atom is -0.490 e. The molecule has 1 aromatic carbocycles. The molecule has 0 aliphatic carbocycles. The Bertz CT molecular complexity index is 515. The van der Waals surface area contributed by atoms with Crippen molar-refractivity contribution in [3.63, 3.8) is 0 Å². The summed E-state index contributed by atoms with van der Waals surface area (Å²) >= 11 is 0. The molecule has 0 spiro atoms. The predicted molar refractivity (Wildman–Crippen MR) is 69.7 cm³/mol. The van der Waals surface area contributed by atoms with E-state index in [-0.39, 0.29) is 23.5 Å². The number of hydrogen-bond donors (Lipinski definition) is 3. The van der Waals surface area contributed by atoms with E-state index in [2.05, 4.69) is 5.32 Å². The van der Waals surface area contributed by atoms with Gasteiger partial charge in [0.15, 0.2) is 5.75 Å². The molecule has 1 unspecified atom stereocenters. The molecule has 20 heavy (non-hydrogen) atoms. The molecular formula is C12H16N2O6. The molecule has 0 aliphatic heterocycles. The number of hydrogen-bond acceptors (Lipinski definition) is 6. The first-order chi connectivity index (χ1) is 9.30. The fraction of sp³-hybridized carbons (Fsp3) is 0.417. The van der Waals surface area contributed by atoms with Crippen LogP contribution in [-0.2, 0) is 0 Å². The van der Waals surface area contributed by atoms with E-state index in [1.54, 1.807) is 0 Å². The van der Waals surface area contributed by atoms with Gasteiger partial charge in [-0.3, -0.25) is 14.9 Å². The van der Waals surface area contributed by atoms with Gasteiger partial charge in [0, 0.05) is 18.2 Å². The van der Waals surface area contributed by atoms with Crippen molar-refractivity contribution in [1.82, 2.24) is 5.32 Å². The zero-order chi connectivity index (χ0) is 15.3. The lowest BCUT2D eigenvalue weighted by molar-refractivity contribution is -0.385. The minimum absolute atomic E-state index is 0.0499. The van der Waals surface area contributed by atoms with Crippen LogP contribution in [-0.4, -0.2) is 46.9 Å². The number of nitro benzene ring substituents is 1. The fourth-order valence-electron chi connectivity index (χ4n) is 1.40. The Kier molecular flexibility index (Phi) is 5.00. The van der Waals surface area contributed by atoms with Crippen LogP contribution in [0.1, 0.15) is 17.3 Å². The summed E-state index contributed by atoms with van der Waals surface area (Å²) in [4.78, 5) is 22.0. The molecule has 0 aromatic heterocycles. The van der Waals surface area contributed by atoms with Gasteiger partial charge in [-0.05, 0) is 19.1 Å². The van der Waals surface area contributed by atoms with Crippen molar-refractivity contribution in [3.05, 3.63) is 33.9 Å². The SMILES string of the molecule is COc1ccc(C(=O)NCC(C)(O)CO)cc1[N+](=O)[O-]. The maximum atomic E-state index is 11.8. The number of nitrogens with zero attached hydrogens (tertiary/aromatic N) is 1. The van der Waals surface area contributed by atoms with Gasteiger partial charge in [0.05, 0.1) is 18.6 Å². The lowest BCUT2D eigenvalue weighted by Gasteiger charge is -2.20. The van der Waals surface area contributed by atoms with E-state index < -0.39 is 23.0 Å². The second kappa shape index (κ2) is 6.31. The molecule has 3 N–H and O–H groups in total. The molecule has 0 fully saturated rings. The quantitative estimate of drug-likeness (QED) is 0.502. The van der Waals surface area contributed by atoms with Crippen molar-refractivity contribution >= 4 is 11.6 Å². The number of aliphatic hydroxyl groups is 2. The van der Waals surface area contributed by atoms with Crippen molar-refractivity contribution in [2.75, 3.05) is 20.3 Å². The van der Waals surface area contributed by atoms with Gasteiger partial charge in [-0.1, -0.05) is 0 Å². The Morgan fingerprint density at radius 2 is 2.20 bits per heavy atom. The topological polar surface area (TPSA) is 122 Å². The molecule has 0 bridgehead atoms. The zero-order valence-corrected chi connectivity index (χ0v) is 11.1. The van der Waals surface area contributed by atoms with Crippen LogP contribution in [0.5, 0.6) is 5.75 Å². The third-order valence-electron chi connectivity index (χ3n) is 2.61. The zero-order valence-electron chi connectivity index (χ0n) is 11.1. The third kappa shape index (κ3) is 3.90. The van der Waals surface area contributed by atoms with E-state index in [1.807, 2.05) is 0 Å².